The van der Waals surface area contributed by atoms with Crippen molar-refractivity contribution in [3.8, 4) is 0 Å². The number of hydrogen-bond acceptors (Lipinski definition) is 2. The molecule has 0 aliphatic carbocycles. The molecule has 0 spiro atoms. The number of nitrogens with one attached hydrogen (secondary N) is 1. The third kappa shape index (κ3) is 3.25. The van der Waals surface area contributed by atoms with Gasteiger partial charge in [0, 0.05) is 23.7 Å². The highest BCUT2D eigenvalue weighted by atomic mass is 35.5. The van der Waals surface area contributed by atoms with E-state index >= 15 is 0 Å². The van der Waals surface area contributed by atoms with Gasteiger partial charge in [-0.15, -0.1) is 0 Å². The van der Waals surface area contributed by atoms with Crippen LogP contribution in [-0.2, 0) is 0 Å². The molecule has 0 atom stereocenters. The van der Waals surface area contributed by atoms with Crippen LogP contribution in [0.3, 0.4) is 0 Å². The van der Waals surface area contributed by atoms with E-state index in [1.165, 1.54) is 12.8 Å². The third-order valence-corrected chi connectivity index (χ3v) is 4.17. The summed E-state index contributed by atoms with van der Waals surface area (Å²) < 4.78 is 0. The van der Waals surface area contributed by atoms with Crippen LogP contribution in [0.5, 0.6) is 0 Å². The van der Waals surface area contributed by atoms with Gasteiger partial charge in [0.1, 0.15) is 0 Å². The first kappa shape index (κ1) is 14.9. The molecule has 1 saturated heterocycles. The second-order valence-electron chi connectivity index (χ2n) is 5.68. The SMILES string of the molecule is Cc1cccc(C(=O)Nc2cc(Cl)ccc2N2CCCC2)c1. The van der Waals surface area contributed by atoms with Gasteiger partial charge < -0.3 is 10.2 Å². The maximum absolute atomic E-state index is 12.5. The van der Waals surface area contributed by atoms with Gasteiger partial charge in [0.15, 0.2) is 0 Å². The smallest absolute Gasteiger partial charge is 0.255 e. The molecule has 3 rings (SSSR count). The van der Waals surface area contributed by atoms with Crippen LogP contribution in [0.1, 0.15) is 28.8 Å². The second-order valence-corrected chi connectivity index (χ2v) is 6.12. The summed E-state index contributed by atoms with van der Waals surface area (Å²) in [7, 11) is 0. The first-order valence-electron chi connectivity index (χ1n) is 7.56. The summed E-state index contributed by atoms with van der Waals surface area (Å²) in [6.07, 6.45) is 2.38. The standard InChI is InChI=1S/C18H19ClN2O/c1-13-5-4-6-14(11-13)18(22)20-16-12-15(19)7-8-17(16)21-9-2-3-10-21/h4-8,11-12H,2-3,9-10H2,1H3,(H,20,22). The summed E-state index contributed by atoms with van der Waals surface area (Å²) >= 11 is 6.11. The fourth-order valence-corrected chi connectivity index (χ4v) is 3.00. The molecule has 1 fully saturated rings. The summed E-state index contributed by atoms with van der Waals surface area (Å²) in [5.74, 6) is -0.105. The number of aryl methyl sites for hydroxylation is 1. The fraction of sp³-hybridized carbons (Fsp3) is 0.278. The summed E-state index contributed by atoms with van der Waals surface area (Å²) in [4.78, 5) is 14.8. The minimum absolute atomic E-state index is 0.105. The van der Waals surface area contributed by atoms with Crippen LogP contribution in [0, 0.1) is 6.92 Å². The Hall–Kier alpha value is -2.00. The lowest BCUT2D eigenvalue weighted by Crippen LogP contribution is -2.21. The molecule has 1 aliphatic rings. The molecule has 4 heteroatoms. The summed E-state index contributed by atoms with van der Waals surface area (Å²) in [5, 5.41) is 3.63. The Morgan fingerprint density at radius 1 is 1.14 bits per heavy atom. The molecule has 2 aromatic rings. The minimum atomic E-state index is -0.105. The van der Waals surface area contributed by atoms with Crippen molar-refractivity contribution >= 4 is 28.9 Å². The van der Waals surface area contributed by atoms with Crippen molar-refractivity contribution in [3.63, 3.8) is 0 Å². The monoisotopic (exact) mass is 314 g/mol. The highest BCUT2D eigenvalue weighted by Crippen LogP contribution is 2.31. The number of carbonyl (C=O) groups excluding carboxylic acids is 1. The Labute approximate surface area is 135 Å². The van der Waals surface area contributed by atoms with Crippen LogP contribution in [0.25, 0.3) is 0 Å². The molecule has 1 amide bonds. The van der Waals surface area contributed by atoms with Gasteiger partial charge in [-0.2, -0.15) is 0 Å². The maximum Gasteiger partial charge on any atom is 0.255 e. The molecule has 0 unspecified atom stereocenters. The quantitative estimate of drug-likeness (QED) is 0.904. The lowest BCUT2D eigenvalue weighted by Gasteiger charge is -2.22. The summed E-state index contributed by atoms with van der Waals surface area (Å²) in [6.45, 7) is 4.02. The molecule has 22 heavy (non-hydrogen) atoms. The van der Waals surface area contributed by atoms with E-state index in [1.54, 1.807) is 0 Å². The molecule has 0 saturated carbocycles. The van der Waals surface area contributed by atoms with Crippen molar-refractivity contribution < 1.29 is 4.79 Å². The van der Waals surface area contributed by atoms with E-state index in [2.05, 4.69) is 10.2 Å². The van der Waals surface area contributed by atoms with Gasteiger partial charge >= 0.3 is 0 Å². The van der Waals surface area contributed by atoms with E-state index in [0.29, 0.717) is 10.6 Å². The van der Waals surface area contributed by atoms with Crippen LogP contribution in [0.4, 0.5) is 11.4 Å². The van der Waals surface area contributed by atoms with Gasteiger partial charge in [0.05, 0.1) is 11.4 Å². The Kier molecular flexibility index (Phi) is 4.34. The van der Waals surface area contributed by atoms with Gasteiger partial charge in [-0.1, -0.05) is 29.3 Å². The molecule has 0 bridgehead atoms. The van der Waals surface area contributed by atoms with E-state index in [9.17, 15) is 4.79 Å². The van der Waals surface area contributed by atoms with Crippen molar-refractivity contribution in [2.75, 3.05) is 23.3 Å². The minimum Gasteiger partial charge on any atom is -0.370 e. The van der Waals surface area contributed by atoms with E-state index < -0.39 is 0 Å². The third-order valence-electron chi connectivity index (χ3n) is 3.93. The molecule has 1 N–H and O–H groups in total. The number of benzene rings is 2. The molecule has 114 valence electrons. The average molecular weight is 315 g/mol. The molecule has 1 heterocycles. The lowest BCUT2D eigenvalue weighted by molar-refractivity contribution is 0.102. The van der Waals surface area contributed by atoms with Crippen molar-refractivity contribution in [1.82, 2.24) is 0 Å². The Morgan fingerprint density at radius 2 is 1.91 bits per heavy atom. The maximum atomic E-state index is 12.5. The van der Waals surface area contributed by atoms with Gasteiger partial charge in [0.2, 0.25) is 0 Å². The van der Waals surface area contributed by atoms with Crippen molar-refractivity contribution in [1.29, 1.82) is 0 Å². The average Bonchev–Trinajstić information content (AvgIpc) is 3.01. The topological polar surface area (TPSA) is 32.3 Å². The Morgan fingerprint density at radius 3 is 2.64 bits per heavy atom. The van der Waals surface area contributed by atoms with Crippen molar-refractivity contribution in [2.24, 2.45) is 0 Å². The molecule has 0 aromatic heterocycles. The van der Waals surface area contributed by atoms with Crippen LogP contribution >= 0.6 is 11.6 Å². The number of anilines is 2. The number of hydrogen-bond donors (Lipinski definition) is 1. The molecular weight excluding hydrogens is 296 g/mol. The summed E-state index contributed by atoms with van der Waals surface area (Å²) in [6, 6.07) is 13.3. The van der Waals surface area contributed by atoms with E-state index in [4.69, 9.17) is 11.6 Å². The van der Waals surface area contributed by atoms with Crippen LogP contribution in [0.2, 0.25) is 5.02 Å². The molecular formula is C18H19ClN2O. The van der Waals surface area contributed by atoms with Gasteiger partial charge in [-0.25, -0.2) is 0 Å². The fourth-order valence-electron chi connectivity index (χ4n) is 2.82. The van der Waals surface area contributed by atoms with Gasteiger partial charge in [-0.05, 0) is 50.1 Å². The first-order chi connectivity index (χ1) is 10.6. The van der Waals surface area contributed by atoms with Crippen molar-refractivity contribution in [2.45, 2.75) is 19.8 Å². The highest BCUT2D eigenvalue weighted by molar-refractivity contribution is 6.31. The zero-order chi connectivity index (χ0) is 15.5. The van der Waals surface area contributed by atoms with Crippen LogP contribution in [-0.4, -0.2) is 19.0 Å². The number of nitrogens with zero attached hydrogens (tertiary/aromatic N) is 1. The van der Waals surface area contributed by atoms with Crippen LogP contribution in [0.15, 0.2) is 42.5 Å². The van der Waals surface area contributed by atoms with E-state index in [0.717, 1.165) is 30.0 Å². The predicted molar refractivity (Wildman–Crippen MR) is 92.0 cm³/mol. The second kappa shape index (κ2) is 6.41. The first-order valence-corrected chi connectivity index (χ1v) is 7.94. The molecule has 2 aromatic carbocycles. The summed E-state index contributed by atoms with van der Waals surface area (Å²) in [5.41, 5.74) is 3.55. The zero-order valence-electron chi connectivity index (χ0n) is 12.6. The van der Waals surface area contributed by atoms with Gasteiger partial charge in [-0.3, -0.25) is 4.79 Å². The molecule has 1 aliphatic heterocycles. The van der Waals surface area contributed by atoms with Crippen molar-refractivity contribution in [3.05, 3.63) is 58.6 Å². The number of amides is 1. The van der Waals surface area contributed by atoms with Crippen LogP contribution < -0.4 is 10.2 Å². The normalized spacial score (nSPS) is 14.2. The molecule has 3 nitrogen and oxygen atoms in total. The highest BCUT2D eigenvalue weighted by Gasteiger charge is 2.17. The van der Waals surface area contributed by atoms with Gasteiger partial charge in [0.25, 0.3) is 5.91 Å². The number of rotatable bonds is 3. The molecule has 0 radical (unpaired) electrons. The number of halogens is 1. The largest absolute Gasteiger partial charge is 0.370 e. The Balaban J connectivity index is 1.87. The van der Waals surface area contributed by atoms with E-state index in [-0.39, 0.29) is 5.91 Å². The Bertz CT molecular complexity index is 693. The predicted octanol–water partition coefficient (Wildman–Crippen LogP) is 4.50. The van der Waals surface area contributed by atoms with E-state index in [1.807, 2.05) is 49.4 Å². The lowest BCUT2D eigenvalue weighted by atomic mass is 10.1. The zero-order valence-corrected chi connectivity index (χ0v) is 13.4. The number of carbonyl (C=O) groups is 1.